The lowest BCUT2D eigenvalue weighted by atomic mass is 9.34. The third-order valence-electron chi connectivity index (χ3n) is 16.9. The van der Waals surface area contributed by atoms with Gasteiger partial charge in [-0.25, -0.2) is 15.0 Å². The van der Waals surface area contributed by atoms with Gasteiger partial charge in [0.1, 0.15) is 0 Å². The number of hydrogen-bond donors (Lipinski definition) is 0. The van der Waals surface area contributed by atoms with Crippen molar-refractivity contribution in [2.45, 2.75) is 52.4 Å². The number of hydrogen-bond acceptors (Lipinski definition) is 3. The predicted molar refractivity (Wildman–Crippen MR) is 327 cm³/mol. The Morgan fingerprint density at radius 2 is 0.756 bits per heavy atom. The first-order valence-electron chi connectivity index (χ1n) is 27.3. The van der Waals surface area contributed by atoms with Crippen molar-refractivity contribution in [3.05, 3.63) is 223 Å². The molecule has 2 aliphatic rings. The molecule has 14 aromatic rings. The van der Waals surface area contributed by atoms with Crippen LogP contribution in [-0.2, 0) is 10.8 Å². The zero-order valence-electron chi connectivity index (χ0n) is 44.5. The summed E-state index contributed by atoms with van der Waals surface area (Å²) in [6.07, 6.45) is 0. The molecule has 0 spiro atoms. The van der Waals surface area contributed by atoms with E-state index < -0.39 is 0 Å². The van der Waals surface area contributed by atoms with Crippen molar-refractivity contribution in [3.8, 4) is 62.4 Å². The van der Waals surface area contributed by atoms with Crippen molar-refractivity contribution < 1.29 is 0 Å². The average Bonchev–Trinajstić information content (AvgIpc) is 4.30. The molecule has 2 aliphatic heterocycles. The number of benzene rings is 10. The number of fused-ring (bicyclic) bond motifs is 13. The third-order valence-corrected chi connectivity index (χ3v) is 16.9. The molecule has 0 bridgehead atoms. The van der Waals surface area contributed by atoms with Gasteiger partial charge in [0.25, 0.3) is 6.71 Å². The van der Waals surface area contributed by atoms with Gasteiger partial charge < -0.3 is 13.7 Å². The maximum atomic E-state index is 5.22. The van der Waals surface area contributed by atoms with Gasteiger partial charge in [-0.15, -0.1) is 0 Å². The predicted octanol–water partition coefficient (Wildman–Crippen LogP) is 15.6. The van der Waals surface area contributed by atoms with Crippen molar-refractivity contribution in [2.75, 3.05) is 0 Å². The van der Waals surface area contributed by atoms with Crippen LogP contribution in [0.1, 0.15) is 52.7 Å². The summed E-state index contributed by atoms with van der Waals surface area (Å²) in [6, 6.07) is 78.1. The van der Waals surface area contributed by atoms with Crippen LogP contribution in [0.3, 0.4) is 0 Å². The van der Waals surface area contributed by atoms with Crippen molar-refractivity contribution >= 4 is 88.5 Å². The van der Waals surface area contributed by atoms with E-state index in [4.69, 9.17) is 15.0 Å². The molecule has 0 unspecified atom stereocenters. The van der Waals surface area contributed by atoms with Gasteiger partial charge in [-0.2, -0.15) is 0 Å². The lowest BCUT2D eigenvalue weighted by Gasteiger charge is -2.36. The summed E-state index contributed by atoms with van der Waals surface area (Å²) in [5.74, 6) is 1.89. The van der Waals surface area contributed by atoms with E-state index in [1.807, 2.05) is 36.4 Å². The van der Waals surface area contributed by atoms with Crippen LogP contribution in [-0.4, -0.2) is 35.4 Å². The van der Waals surface area contributed by atoms with Crippen LogP contribution in [0, 0.1) is 0 Å². The van der Waals surface area contributed by atoms with Gasteiger partial charge in [0, 0.05) is 71.4 Å². The van der Waals surface area contributed by atoms with Crippen LogP contribution >= 0.6 is 0 Å². The molecule has 370 valence electrons. The molecule has 0 radical (unpaired) electrons. The molecule has 4 aromatic heterocycles. The van der Waals surface area contributed by atoms with Gasteiger partial charge in [-0.05, 0) is 116 Å². The smallest absolute Gasteiger partial charge is 0.252 e. The fourth-order valence-electron chi connectivity index (χ4n) is 13.2. The summed E-state index contributed by atoms with van der Waals surface area (Å²) in [6.45, 7) is 14.2. The molecule has 0 atom stereocenters. The fraction of sp³-hybridized carbons (Fsp3) is 0.113. The third kappa shape index (κ3) is 6.42. The summed E-state index contributed by atoms with van der Waals surface area (Å²) in [4.78, 5) is 15.5. The second kappa shape index (κ2) is 16.1. The number of rotatable bonds is 5. The van der Waals surface area contributed by atoms with Crippen molar-refractivity contribution in [1.29, 1.82) is 0 Å². The summed E-state index contributed by atoms with van der Waals surface area (Å²) in [5, 5.41) is 7.57. The van der Waals surface area contributed by atoms with Crippen LogP contribution in [0.5, 0.6) is 0 Å². The molecule has 78 heavy (non-hydrogen) atoms. The highest BCUT2D eigenvalue weighted by Crippen LogP contribution is 2.44. The highest BCUT2D eigenvalue weighted by molar-refractivity contribution is 7.00. The standard InChI is InChI=1S/C71H53BN6/c1-70(2,3)46-38-53-49-26-14-18-30-58(49)77-62-36-45(37-63-64(62)72(55(40-46)65(53)77)56-41-47(71(4,5)6)39-54-50-27-15-19-31-59(50)78(63)66(54)56)44-33-34-61-52(35-44)48-25-13-17-29-57(48)76(61)60-32-20-16-28-51(60)69-74-67(42-21-9-7-10-22-42)73-68(75-69)43-23-11-8-12-24-43/h7-41H,1-6H3. The summed E-state index contributed by atoms with van der Waals surface area (Å²) < 4.78 is 7.62. The first kappa shape index (κ1) is 44.9. The molecule has 6 heterocycles. The Morgan fingerprint density at radius 1 is 0.321 bits per heavy atom. The lowest BCUT2D eigenvalue weighted by Crippen LogP contribution is -2.59. The van der Waals surface area contributed by atoms with Gasteiger partial charge in [0.15, 0.2) is 17.5 Å². The Morgan fingerprint density at radius 3 is 1.28 bits per heavy atom. The summed E-state index contributed by atoms with van der Waals surface area (Å²) >= 11 is 0. The molecule has 0 fully saturated rings. The Hall–Kier alpha value is -9.33. The second-order valence-corrected chi connectivity index (χ2v) is 23.6. The minimum Gasteiger partial charge on any atom is -0.310 e. The molecule has 7 heteroatoms. The van der Waals surface area contributed by atoms with E-state index in [1.54, 1.807) is 0 Å². The van der Waals surface area contributed by atoms with Crippen molar-refractivity contribution in [1.82, 2.24) is 28.7 Å². The van der Waals surface area contributed by atoms with Gasteiger partial charge >= 0.3 is 0 Å². The van der Waals surface area contributed by atoms with Crippen molar-refractivity contribution in [2.24, 2.45) is 0 Å². The first-order chi connectivity index (χ1) is 38.0. The highest BCUT2D eigenvalue weighted by atomic mass is 15.1. The Kier molecular flexibility index (Phi) is 9.28. The van der Waals surface area contributed by atoms with E-state index in [-0.39, 0.29) is 17.5 Å². The zero-order chi connectivity index (χ0) is 52.3. The number of nitrogens with zero attached hydrogens (tertiary/aromatic N) is 6. The monoisotopic (exact) mass is 1000 g/mol. The maximum absolute atomic E-state index is 5.22. The Bertz CT molecular complexity index is 4650. The van der Waals surface area contributed by atoms with Gasteiger partial charge in [-0.3, -0.25) is 0 Å². The lowest BCUT2D eigenvalue weighted by molar-refractivity contribution is 0.591. The van der Waals surface area contributed by atoms with Gasteiger partial charge in [0.05, 0.1) is 27.8 Å². The highest BCUT2D eigenvalue weighted by Gasteiger charge is 2.42. The van der Waals surface area contributed by atoms with Crippen LogP contribution in [0.15, 0.2) is 212 Å². The molecule has 0 saturated heterocycles. The van der Waals surface area contributed by atoms with E-state index in [9.17, 15) is 0 Å². The largest absolute Gasteiger partial charge is 0.310 e. The van der Waals surface area contributed by atoms with Gasteiger partial charge in [0.2, 0.25) is 0 Å². The van der Waals surface area contributed by atoms with Crippen molar-refractivity contribution in [3.63, 3.8) is 0 Å². The normalized spacial score (nSPS) is 13.0. The molecular weight excluding hydrogens is 948 g/mol. The molecule has 0 N–H and O–H groups in total. The van der Waals surface area contributed by atoms with Crippen LogP contribution in [0.25, 0.3) is 128 Å². The van der Waals surface area contributed by atoms with E-state index >= 15 is 0 Å². The van der Waals surface area contributed by atoms with E-state index in [0.717, 1.165) is 39.0 Å². The van der Waals surface area contributed by atoms with Crippen LogP contribution in [0.2, 0.25) is 0 Å². The van der Waals surface area contributed by atoms with E-state index in [2.05, 4.69) is 231 Å². The summed E-state index contributed by atoms with van der Waals surface area (Å²) in [7, 11) is 0. The fourth-order valence-corrected chi connectivity index (χ4v) is 13.2. The van der Waals surface area contributed by atoms with Crippen LogP contribution < -0.4 is 16.4 Å². The number of aromatic nitrogens is 6. The van der Waals surface area contributed by atoms with Gasteiger partial charge in [-0.1, -0.05) is 187 Å². The first-order valence-corrected chi connectivity index (χ1v) is 27.3. The van der Waals surface area contributed by atoms with E-state index in [1.165, 1.54) is 98.8 Å². The Balaban J connectivity index is 0.960. The molecule has 0 aliphatic carbocycles. The number of para-hydroxylation sites is 4. The minimum absolute atomic E-state index is 0.0183. The second-order valence-electron chi connectivity index (χ2n) is 23.6. The summed E-state index contributed by atoms with van der Waals surface area (Å²) in [5.41, 5.74) is 22.7. The molecule has 0 saturated carbocycles. The molecule has 10 aromatic carbocycles. The quantitative estimate of drug-likeness (QED) is 0.161. The molecular formula is C71H53BN6. The zero-order valence-corrected chi connectivity index (χ0v) is 44.5. The molecule has 16 rings (SSSR count). The molecule has 0 amide bonds. The topological polar surface area (TPSA) is 53.5 Å². The average molecular weight is 1000 g/mol. The molecule has 6 nitrogen and oxygen atoms in total. The Labute approximate surface area is 453 Å². The van der Waals surface area contributed by atoms with Crippen LogP contribution in [0.4, 0.5) is 0 Å². The minimum atomic E-state index is -0.0541. The SMILES string of the molecule is CC(C)(C)c1cc2c3c(c1)c1ccccc1n3-c1cc(-c3ccc4c(c3)c3ccccc3n4-c3ccccc3-c3nc(-c4ccccc4)nc(-c4ccccc4)n3)cc3c1B2c1cc(C(C)(C)C)cc2c4ccccc4n-3c12. The maximum Gasteiger partial charge on any atom is 0.252 e. The van der Waals surface area contributed by atoms with E-state index in [0.29, 0.717) is 17.5 Å².